The van der Waals surface area contributed by atoms with Crippen molar-refractivity contribution < 1.29 is 0 Å². The molecule has 0 atom stereocenters. The third-order valence-electron chi connectivity index (χ3n) is 1.82. The SMILES string of the molecule is C1=CCC2=CSCSCC2=C1. The standard InChI is InChI=1S/C9H10S2/c1-2-4-9-6-11-7-10-5-8(9)3-1/h1-3,6H,4-5,7H2. The first-order chi connectivity index (χ1) is 5.47. The van der Waals surface area contributed by atoms with Gasteiger partial charge in [-0.3, -0.25) is 0 Å². The molecule has 0 aromatic rings. The number of allylic oxidation sites excluding steroid dienone is 4. The van der Waals surface area contributed by atoms with Crippen LogP contribution in [0.25, 0.3) is 0 Å². The summed E-state index contributed by atoms with van der Waals surface area (Å²) < 4.78 is 0. The van der Waals surface area contributed by atoms with Crippen LogP contribution in [0.1, 0.15) is 6.42 Å². The highest BCUT2D eigenvalue weighted by Gasteiger charge is 2.09. The molecule has 0 unspecified atom stereocenters. The zero-order valence-corrected chi connectivity index (χ0v) is 7.88. The average molecular weight is 182 g/mol. The van der Waals surface area contributed by atoms with Crippen LogP contribution < -0.4 is 0 Å². The van der Waals surface area contributed by atoms with Crippen LogP contribution in [0.4, 0.5) is 0 Å². The van der Waals surface area contributed by atoms with Crippen molar-refractivity contribution in [2.24, 2.45) is 0 Å². The molecule has 0 aromatic heterocycles. The topological polar surface area (TPSA) is 0 Å². The van der Waals surface area contributed by atoms with Gasteiger partial charge in [0.25, 0.3) is 0 Å². The summed E-state index contributed by atoms with van der Waals surface area (Å²) in [5.74, 6) is 1.20. The molecule has 2 aliphatic rings. The minimum atomic E-state index is 1.14. The normalized spacial score (nSPS) is 23.3. The zero-order valence-electron chi connectivity index (χ0n) is 6.25. The monoisotopic (exact) mass is 182 g/mol. The summed E-state index contributed by atoms with van der Waals surface area (Å²) in [5.41, 5.74) is 3.06. The predicted molar refractivity (Wildman–Crippen MR) is 54.8 cm³/mol. The van der Waals surface area contributed by atoms with Crippen LogP contribution in [-0.4, -0.2) is 10.8 Å². The molecular formula is C9H10S2. The zero-order chi connectivity index (χ0) is 7.52. The van der Waals surface area contributed by atoms with Crippen LogP contribution in [0.15, 0.2) is 34.8 Å². The Bertz CT molecular complexity index is 236. The summed E-state index contributed by atoms with van der Waals surface area (Å²) in [4.78, 5) is 0. The molecular weight excluding hydrogens is 172 g/mol. The molecule has 0 aromatic carbocycles. The van der Waals surface area contributed by atoms with Crippen LogP contribution in [0, 0.1) is 0 Å². The molecule has 1 aliphatic heterocycles. The summed E-state index contributed by atoms with van der Waals surface area (Å²) in [7, 11) is 0. The van der Waals surface area contributed by atoms with Gasteiger partial charge in [-0.25, -0.2) is 0 Å². The quantitative estimate of drug-likeness (QED) is 0.564. The lowest BCUT2D eigenvalue weighted by Gasteiger charge is -2.09. The van der Waals surface area contributed by atoms with Crippen molar-refractivity contribution in [2.75, 3.05) is 10.8 Å². The second kappa shape index (κ2) is 3.55. The number of rotatable bonds is 0. The van der Waals surface area contributed by atoms with Crippen molar-refractivity contribution in [1.29, 1.82) is 0 Å². The smallest absolute Gasteiger partial charge is 0.0436 e. The summed E-state index contributed by atoms with van der Waals surface area (Å²) >= 11 is 3.94. The van der Waals surface area contributed by atoms with Crippen molar-refractivity contribution in [3.8, 4) is 0 Å². The van der Waals surface area contributed by atoms with Gasteiger partial charge in [-0.05, 0) is 23.0 Å². The lowest BCUT2D eigenvalue weighted by Crippen LogP contribution is -1.93. The summed E-state index contributed by atoms with van der Waals surface area (Å²) in [6.07, 6.45) is 7.78. The molecule has 2 heteroatoms. The van der Waals surface area contributed by atoms with Gasteiger partial charge in [-0.2, -0.15) is 0 Å². The Morgan fingerprint density at radius 2 is 2.27 bits per heavy atom. The van der Waals surface area contributed by atoms with Crippen molar-refractivity contribution in [2.45, 2.75) is 6.42 Å². The highest BCUT2D eigenvalue weighted by molar-refractivity contribution is 8.17. The molecule has 0 amide bonds. The van der Waals surface area contributed by atoms with E-state index in [1.54, 1.807) is 0 Å². The lowest BCUT2D eigenvalue weighted by atomic mass is 10.0. The summed E-state index contributed by atoms with van der Waals surface area (Å²) in [6.45, 7) is 0. The highest BCUT2D eigenvalue weighted by Crippen LogP contribution is 2.31. The molecule has 0 saturated heterocycles. The van der Waals surface area contributed by atoms with Crippen molar-refractivity contribution in [3.05, 3.63) is 34.8 Å². The molecule has 0 saturated carbocycles. The molecule has 0 spiro atoms. The van der Waals surface area contributed by atoms with Gasteiger partial charge in [0.1, 0.15) is 0 Å². The average Bonchev–Trinajstić information content (AvgIpc) is 2.28. The maximum absolute atomic E-state index is 2.31. The second-order valence-electron chi connectivity index (χ2n) is 2.60. The second-order valence-corrected chi connectivity index (χ2v) is 4.81. The maximum atomic E-state index is 2.31. The van der Waals surface area contributed by atoms with E-state index < -0.39 is 0 Å². The Kier molecular flexibility index (Phi) is 2.44. The number of hydrogen-bond donors (Lipinski definition) is 0. The minimum absolute atomic E-state index is 1.14. The van der Waals surface area contributed by atoms with Gasteiger partial charge < -0.3 is 0 Å². The van der Waals surface area contributed by atoms with Gasteiger partial charge in [0.2, 0.25) is 0 Å². The molecule has 1 aliphatic carbocycles. The van der Waals surface area contributed by atoms with Gasteiger partial charge in [0.05, 0.1) is 0 Å². The maximum Gasteiger partial charge on any atom is 0.0436 e. The van der Waals surface area contributed by atoms with E-state index in [1.165, 1.54) is 22.0 Å². The number of fused-ring (bicyclic) bond motifs is 1. The van der Waals surface area contributed by atoms with E-state index >= 15 is 0 Å². The van der Waals surface area contributed by atoms with E-state index in [9.17, 15) is 0 Å². The van der Waals surface area contributed by atoms with Crippen LogP contribution in [0.2, 0.25) is 0 Å². The first-order valence-corrected chi connectivity index (χ1v) is 5.91. The Morgan fingerprint density at radius 3 is 3.27 bits per heavy atom. The van der Waals surface area contributed by atoms with Gasteiger partial charge in [-0.15, -0.1) is 23.5 Å². The number of hydrogen-bond acceptors (Lipinski definition) is 2. The van der Waals surface area contributed by atoms with Crippen molar-refractivity contribution in [3.63, 3.8) is 0 Å². The van der Waals surface area contributed by atoms with E-state index in [-0.39, 0.29) is 0 Å². The van der Waals surface area contributed by atoms with Crippen LogP contribution in [0.5, 0.6) is 0 Å². The molecule has 0 N–H and O–H groups in total. The van der Waals surface area contributed by atoms with Crippen LogP contribution in [0.3, 0.4) is 0 Å². The number of thioether (sulfide) groups is 2. The molecule has 0 fully saturated rings. The molecule has 58 valence electrons. The summed E-state index contributed by atoms with van der Waals surface area (Å²) in [5, 5.41) is 3.52. The van der Waals surface area contributed by atoms with E-state index in [0.717, 1.165) is 6.42 Å². The molecule has 11 heavy (non-hydrogen) atoms. The van der Waals surface area contributed by atoms with E-state index in [2.05, 4.69) is 23.6 Å². The molecule has 0 bridgehead atoms. The van der Waals surface area contributed by atoms with Crippen LogP contribution >= 0.6 is 23.5 Å². The van der Waals surface area contributed by atoms with Gasteiger partial charge in [-0.1, -0.05) is 18.2 Å². The fourth-order valence-corrected chi connectivity index (χ4v) is 3.16. The van der Waals surface area contributed by atoms with E-state index in [0.29, 0.717) is 0 Å². The third kappa shape index (κ3) is 1.74. The first kappa shape index (κ1) is 7.56. The fraction of sp³-hybridized carbons (Fsp3) is 0.333. The summed E-state index contributed by atoms with van der Waals surface area (Å²) in [6, 6.07) is 0. The largest absolute Gasteiger partial charge is 0.146 e. The Morgan fingerprint density at radius 1 is 1.27 bits per heavy atom. The molecule has 0 radical (unpaired) electrons. The highest BCUT2D eigenvalue weighted by atomic mass is 32.2. The third-order valence-corrected chi connectivity index (χ3v) is 4.00. The Labute approximate surface area is 75.8 Å². The fourth-order valence-electron chi connectivity index (χ4n) is 1.22. The first-order valence-electron chi connectivity index (χ1n) is 3.71. The predicted octanol–water partition coefficient (Wildman–Crippen LogP) is 3.19. The van der Waals surface area contributed by atoms with Crippen molar-refractivity contribution >= 4 is 23.5 Å². The van der Waals surface area contributed by atoms with Gasteiger partial charge in [0.15, 0.2) is 0 Å². The van der Waals surface area contributed by atoms with Gasteiger partial charge >= 0.3 is 0 Å². The minimum Gasteiger partial charge on any atom is -0.146 e. The Balaban J connectivity index is 2.25. The molecule has 1 heterocycles. The van der Waals surface area contributed by atoms with E-state index in [4.69, 9.17) is 0 Å². The van der Waals surface area contributed by atoms with E-state index in [1.807, 2.05) is 23.5 Å². The van der Waals surface area contributed by atoms with Crippen molar-refractivity contribution in [1.82, 2.24) is 0 Å². The Hall–Kier alpha value is -0.0800. The van der Waals surface area contributed by atoms with Gasteiger partial charge in [0, 0.05) is 10.8 Å². The lowest BCUT2D eigenvalue weighted by molar-refractivity contribution is 1.20. The molecule has 0 nitrogen and oxygen atoms in total. The molecule has 2 rings (SSSR count). The van der Waals surface area contributed by atoms with Crippen LogP contribution in [-0.2, 0) is 0 Å².